The van der Waals surface area contributed by atoms with E-state index in [0.717, 1.165) is 12.1 Å². The van der Waals surface area contributed by atoms with Gasteiger partial charge < -0.3 is 10.1 Å². The van der Waals surface area contributed by atoms with Crippen molar-refractivity contribution in [1.82, 2.24) is 0 Å². The Morgan fingerprint density at radius 3 is 2.44 bits per heavy atom. The fourth-order valence-electron chi connectivity index (χ4n) is 1.86. The Morgan fingerprint density at radius 2 is 1.84 bits per heavy atom. The van der Waals surface area contributed by atoms with Gasteiger partial charge in [-0.25, -0.2) is 4.79 Å². The van der Waals surface area contributed by atoms with E-state index in [-0.39, 0.29) is 16.3 Å². The first-order valence-electron chi connectivity index (χ1n) is 7.00. The van der Waals surface area contributed by atoms with Crippen LogP contribution in [0.4, 0.5) is 11.4 Å². The summed E-state index contributed by atoms with van der Waals surface area (Å²) >= 11 is 11.8. The zero-order valence-corrected chi connectivity index (χ0v) is 14.4. The van der Waals surface area contributed by atoms with Gasteiger partial charge in [-0.1, -0.05) is 35.3 Å². The van der Waals surface area contributed by atoms with Crippen molar-refractivity contribution in [2.24, 2.45) is 0 Å². The molecule has 0 saturated heterocycles. The molecule has 0 aliphatic rings. The van der Waals surface area contributed by atoms with E-state index in [9.17, 15) is 19.7 Å². The third-order valence-electron chi connectivity index (χ3n) is 3.17. The van der Waals surface area contributed by atoms with Crippen LogP contribution in [0, 0.1) is 10.1 Å². The maximum Gasteiger partial charge on any atom is 0.340 e. The van der Waals surface area contributed by atoms with Crippen molar-refractivity contribution in [1.29, 1.82) is 0 Å². The summed E-state index contributed by atoms with van der Waals surface area (Å²) in [6.45, 7) is 1.38. The molecule has 0 aliphatic heterocycles. The number of nitro groups is 1. The molecule has 2 aromatic rings. The van der Waals surface area contributed by atoms with Gasteiger partial charge in [0.2, 0.25) is 0 Å². The first kappa shape index (κ1) is 18.7. The normalized spacial score (nSPS) is 11.5. The molecule has 1 N–H and O–H groups in total. The Balaban J connectivity index is 2.06. The van der Waals surface area contributed by atoms with Crippen LogP contribution in [0.5, 0.6) is 0 Å². The number of nitro benzene ring substituents is 1. The summed E-state index contributed by atoms with van der Waals surface area (Å²) in [7, 11) is 0. The minimum Gasteiger partial charge on any atom is -0.449 e. The van der Waals surface area contributed by atoms with E-state index >= 15 is 0 Å². The Kier molecular flexibility index (Phi) is 5.95. The van der Waals surface area contributed by atoms with Crippen LogP contribution in [0.15, 0.2) is 42.5 Å². The molecule has 1 atom stereocenters. The van der Waals surface area contributed by atoms with Crippen LogP contribution >= 0.6 is 23.2 Å². The second-order valence-electron chi connectivity index (χ2n) is 4.94. The predicted octanol–water partition coefficient (Wildman–Crippen LogP) is 4.09. The number of carbonyl (C=O) groups excluding carboxylic acids is 2. The lowest BCUT2D eigenvalue weighted by Gasteiger charge is -2.14. The van der Waals surface area contributed by atoms with Crippen LogP contribution < -0.4 is 5.32 Å². The molecule has 9 heteroatoms. The van der Waals surface area contributed by atoms with Crippen LogP contribution in [0.2, 0.25) is 10.0 Å². The van der Waals surface area contributed by atoms with Gasteiger partial charge in [0.05, 0.1) is 26.2 Å². The molecule has 25 heavy (non-hydrogen) atoms. The minimum absolute atomic E-state index is 0.0790. The second kappa shape index (κ2) is 7.96. The number of hydrogen-bond donors (Lipinski definition) is 1. The topological polar surface area (TPSA) is 98.5 Å². The lowest BCUT2D eigenvalue weighted by molar-refractivity contribution is -0.384. The zero-order chi connectivity index (χ0) is 18.6. The van der Waals surface area contributed by atoms with Gasteiger partial charge in [-0.15, -0.1) is 0 Å². The van der Waals surface area contributed by atoms with E-state index in [1.54, 1.807) is 24.3 Å². The van der Waals surface area contributed by atoms with Crippen LogP contribution in [0.3, 0.4) is 0 Å². The number of ether oxygens (including phenoxy) is 1. The molecule has 0 aliphatic carbocycles. The van der Waals surface area contributed by atoms with Gasteiger partial charge in [0.25, 0.3) is 11.6 Å². The first-order valence-corrected chi connectivity index (χ1v) is 7.75. The van der Waals surface area contributed by atoms with Crippen LogP contribution in [0.25, 0.3) is 0 Å². The standard InChI is InChI=1S/C16H12Cl2N2O5/c1-9(15(21)19-14-5-3-2-4-12(14)17)25-16(22)11-7-6-10(20(23)24)8-13(11)18/h2-9H,1H3,(H,19,21)/t9-/m0/s1. The number of rotatable bonds is 5. The van der Waals surface area contributed by atoms with Crippen molar-refractivity contribution in [3.8, 4) is 0 Å². The van der Waals surface area contributed by atoms with Crippen molar-refractivity contribution in [2.45, 2.75) is 13.0 Å². The average Bonchev–Trinajstić information content (AvgIpc) is 2.56. The van der Waals surface area contributed by atoms with Crippen molar-refractivity contribution < 1.29 is 19.2 Å². The number of para-hydroxylation sites is 1. The second-order valence-corrected chi connectivity index (χ2v) is 5.75. The molecule has 0 aromatic heterocycles. The van der Waals surface area contributed by atoms with Crippen LogP contribution in [-0.2, 0) is 9.53 Å². The number of anilines is 1. The molecule has 130 valence electrons. The molecular weight excluding hydrogens is 371 g/mol. The molecule has 0 bridgehead atoms. The number of amides is 1. The SMILES string of the molecule is C[C@H](OC(=O)c1ccc([N+](=O)[O-])cc1Cl)C(=O)Nc1ccccc1Cl. The molecule has 2 aromatic carbocycles. The molecule has 0 spiro atoms. The monoisotopic (exact) mass is 382 g/mol. The number of benzene rings is 2. The largest absolute Gasteiger partial charge is 0.449 e. The summed E-state index contributed by atoms with van der Waals surface area (Å²) < 4.78 is 5.04. The van der Waals surface area contributed by atoms with E-state index in [1.807, 2.05) is 0 Å². The zero-order valence-electron chi connectivity index (χ0n) is 12.9. The summed E-state index contributed by atoms with van der Waals surface area (Å²) in [6.07, 6.45) is -1.13. The summed E-state index contributed by atoms with van der Waals surface area (Å²) in [5.41, 5.74) is 0.0427. The van der Waals surface area contributed by atoms with Crippen molar-refractivity contribution in [3.63, 3.8) is 0 Å². The maximum absolute atomic E-state index is 12.1. The highest BCUT2D eigenvalue weighted by molar-refractivity contribution is 6.34. The Morgan fingerprint density at radius 1 is 1.16 bits per heavy atom. The molecule has 2 rings (SSSR count). The third kappa shape index (κ3) is 4.68. The Hall–Kier alpha value is -2.64. The molecule has 7 nitrogen and oxygen atoms in total. The van der Waals surface area contributed by atoms with E-state index in [1.165, 1.54) is 13.0 Å². The van der Waals surface area contributed by atoms with Crippen LogP contribution in [0.1, 0.15) is 17.3 Å². The number of nitrogens with zero attached hydrogens (tertiary/aromatic N) is 1. The van der Waals surface area contributed by atoms with Crippen molar-refractivity contribution >= 4 is 46.5 Å². The number of halogens is 2. The lowest BCUT2D eigenvalue weighted by atomic mass is 10.2. The molecule has 0 heterocycles. The number of non-ortho nitro benzene ring substituents is 1. The highest BCUT2D eigenvalue weighted by Crippen LogP contribution is 2.24. The van der Waals surface area contributed by atoms with Gasteiger partial charge >= 0.3 is 5.97 Å². The smallest absolute Gasteiger partial charge is 0.340 e. The van der Waals surface area contributed by atoms with E-state index in [0.29, 0.717) is 10.7 Å². The fraction of sp³-hybridized carbons (Fsp3) is 0.125. The number of hydrogen-bond acceptors (Lipinski definition) is 5. The summed E-state index contributed by atoms with van der Waals surface area (Å²) in [4.78, 5) is 34.2. The Bertz CT molecular complexity index is 841. The highest BCUT2D eigenvalue weighted by Gasteiger charge is 2.22. The lowest BCUT2D eigenvalue weighted by Crippen LogP contribution is -2.30. The van der Waals surface area contributed by atoms with Crippen molar-refractivity contribution in [3.05, 3.63) is 68.2 Å². The summed E-state index contributed by atoms with van der Waals surface area (Å²) in [6, 6.07) is 9.92. The molecule has 0 fully saturated rings. The van der Waals surface area contributed by atoms with E-state index < -0.39 is 22.9 Å². The predicted molar refractivity (Wildman–Crippen MR) is 93.1 cm³/mol. The molecule has 0 unspecified atom stereocenters. The number of carbonyl (C=O) groups is 2. The average molecular weight is 383 g/mol. The van der Waals surface area contributed by atoms with E-state index in [2.05, 4.69) is 5.32 Å². The van der Waals surface area contributed by atoms with Crippen molar-refractivity contribution in [2.75, 3.05) is 5.32 Å². The molecule has 0 radical (unpaired) electrons. The molecule has 0 saturated carbocycles. The van der Waals surface area contributed by atoms with Gasteiger partial charge in [0.1, 0.15) is 0 Å². The van der Waals surface area contributed by atoms with Gasteiger partial charge in [-0.3, -0.25) is 14.9 Å². The summed E-state index contributed by atoms with van der Waals surface area (Å²) in [5.74, 6) is -1.46. The number of esters is 1. The first-order chi connectivity index (χ1) is 11.8. The van der Waals surface area contributed by atoms with Gasteiger partial charge in [-0.05, 0) is 25.1 Å². The fourth-order valence-corrected chi connectivity index (χ4v) is 2.29. The molecular formula is C16H12Cl2N2O5. The van der Waals surface area contributed by atoms with Crippen LogP contribution in [-0.4, -0.2) is 22.9 Å². The Labute approximate surface area is 152 Å². The maximum atomic E-state index is 12.1. The van der Waals surface area contributed by atoms with E-state index in [4.69, 9.17) is 27.9 Å². The third-order valence-corrected chi connectivity index (χ3v) is 3.81. The molecule has 1 amide bonds. The number of nitrogens with one attached hydrogen (secondary N) is 1. The van der Waals surface area contributed by atoms with Gasteiger partial charge in [0, 0.05) is 12.1 Å². The quantitative estimate of drug-likeness (QED) is 0.477. The minimum atomic E-state index is -1.13. The summed E-state index contributed by atoms with van der Waals surface area (Å²) in [5, 5.41) is 13.4. The highest BCUT2D eigenvalue weighted by atomic mass is 35.5. The van der Waals surface area contributed by atoms with Gasteiger partial charge in [0.15, 0.2) is 6.10 Å². The van der Waals surface area contributed by atoms with Gasteiger partial charge in [-0.2, -0.15) is 0 Å².